The smallest absolute Gasteiger partial charge is 0.280 e. The highest BCUT2D eigenvalue weighted by Crippen LogP contribution is 2.36. The number of hydrogen-bond acceptors (Lipinski definition) is 6. The molecule has 1 heterocycles. The minimum absolute atomic E-state index is 0.0898. The number of fused-ring (bicyclic) bond motifs is 1. The molecule has 4 rings (SSSR count). The minimum atomic E-state index is -0.0898. The molecule has 1 fully saturated rings. The van der Waals surface area contributed by atoms with Crippen LogP contribution in [0.25, 0.3) is 22.0 Å². The Hall–Kier alpha value is -3.37. The molecule has 1 aliphatic carbocycles. The van der Waals surface area contributed by atoms with Crippen LogP contribution in [0.2, 0.25) is 0 Å². The van der Waals surface area contributed by atoms with E-state index >= 15 is 0 Å². The number of ether oxygens (including phenoxy) is 1. The molecule has 1 aliphatic rings. The monoisotopic (exact) mass is 446 g/mol. The van der Waals surface area contributed by atoms with Crippen LogP contribution in [-0.2, 0) is 0 Å². The number of anilines is 1. The number of thiazole rings is 1. The van der Waals surface area contributed by atoms with E-state index in [9.17, 15) is 4.79 Å². The highest BCUT2D eigenvalue weighted by Gasteiger charge is 2.19. The fraction of sp³-hybridized carbons (Fsp3) is 0.320. The van der Waals surface area contributed by atoms with E-state index in [1.54, 1.807) is 7.11 Å². The summed E-state index contributed by atoms with van der Waals surface area (Å²) >= 11 is 1.36. The van der Waals surface area contributed by atoms with E-state index in [1.807, 2.05) is 35.7 Å². The van der Waals surface area contributed by atoms with E-state index < -0.39 is 0 Å². The number of carbonyl (C=O) groups is 1. The van der Waals surface area contributed by atoms with Crippen molar-refractivity contribution in [2.75, 3.05) is 19.0 Å². The van der Waals surface area contributed by atoms with Crippen LogP contribution in [0.15, 0.2) is 47.9 Å². The first-order chi connectivity index (χ1) is 15.6. The second kappa shape index (κ2) is 9.84. The van der Waals surface area contributed by atoms with E-state index in [2.05, 4.69) is 28.3 Å². The standard InChI is InChI=1S/C25H26N4O2S/c1-16(13-26)14-27-23-20-12-18(9-8-17(20)10-11-22(23)31-2)21-15-32-25(29-21)24(30)28-19-6-4-3-5-7-19/h8-12,15,19,27H,1,3-7,14H2,2H3,(H,28,30). The molecule has 6 nitrogen and oxygen atoms in total. The molecule has 32 heavy (non-hydrogen) atoms. The van der Waals surface area contributed by atoms with Crippen LogP contribution in [0.5, 0.6) is 5.75 Å². The summed E-state index contributed by atoms with van der Waals surface area (Å²) in [5.74, 6) is 0.596. The van der Waals surface area contributed by atoms with Crippen LogP contribution < -0.4 is 15.4 Å². The number of rotatable bonds is 7. The first-order valence-electron chi connectivity index (χ1n) is 10.8. The third-order valence-electron chi connectivity index (χ3n) is 5.77. The van der Waals surface area contributed by atoms with Gasteiger partial charge in [-0.2, -0.15) is 5.26 Å². The van der Waals surface area contributed by atoms with E-state index in [0.717, 1.165) is 40.6 Å². The van der Waals surface area contributed by atoms with Crippen LogP contribution >= 0.6 is 11.3 Å². The van der Waals surface area contributed by atoms with Gasteiger partial charge in [-0.05, 0) is 30.4 Å². The van der Waals surface area contributed by atoms with Gasteiger partial charge in [0.05, 0.1) is 24.6 Å². The number of nitrogens with zero attached hydrogens (tertiary/aromatic N) is 2. The van der Waals surface area contributed by atoms with Gasteiger partial charge in [-0.25, -0.2) is 4.98 Å². The Morgan fingerprint density at radius 2 is 2.06 bits per heavy atom. The Kier molecular flexibility index (Phi) is 6.72. The number of benzene rings is 2. The summed E-state index contributed by atoms with van der Waals surface area (Å²) in [6.07, 6.45) is 5.69. The summed E-state index contributed by atoms with van der Waals surface area (Å²) in [7, 11) is 1.62. The molecule has 7 heteroatoms. The topological polar surface area (TPSA) is 87.0 Å². The van der Waals surface area contributed by atoms with Crippen LogP contribution in [0.4, 0.5) is 5.69 Å². The van der Waals surface area contributed by atoms with Crippen molar-refractivity contribution < 1.29 is 9.53 Å². The molecular formula is C25H26N4O2S. The maximum Gasteiger partial charge on any atom is 0.280 e. The zero-order valence-electron chi connectivity index (χ0n) is 18.1. The lowest BCUT2D eigenvalue weighted by Gasteiger charge is -2.22. The summed E-state index contributed by atoms with van der Waals surface area (Å²) in [6, 6.07) is 12.3. The molecule has 1 amide bonds. The molecule has 0 atom stereocenters. The predicted molar refractivity (Wildman–Crippen MR) is 129 cm³/mol. The van der Waals surface area contributed by atoms with Gasteiger partial charge in [-0.1, -0.05) is 44.0 Å². The van der Waals surface area contributed by atoms with E-state index in [1.165, 1.54) is 30.6 Å². The second-order valence-electron chi connectivity index (χ2n) is 7.99. The zero-order chi connectivity index (χ0) is 22.5. The first kappa shape index (κ1) is 21.8. The van der Waals surface area contributed by atoms with Crippen LogP contribution in [0.1, 0.15) is 41.9 Å². The van der Waals surface area contributed by atoms with Gasteiger partial charge < -0.3 is 15.4 Å². The lowest BCUT2D eigenvalue weighted by Crippen LogP contribution is -2.36. The van der Waals surface area contributed by atoms with Gasteiger partial charge in [0, 0.05) is 34.5 Å². The molecule has 0 bridgehead atoms. The van der Waals surface area contributed by atoms with Gasteiger partial charge in [0.2, 0.25) is 0 Å². The number of amides is 1. The highest BCUT2D eigenvalue weighted by atomic mass is 32.1. The van der Waals surface area contributed by atoms with Gasteiger partial charge in [-0.15, -0.1) is 11.3 Å². The summed E-state index contributed by atoms with van der Waals surface area (Å²) in [5, 5.41) is 19.8. The summed E-state index contributed by atoms with van der Waals surface area (Å²) < 4.78 is 5.53. The molecule has 0 spiro atoms. The van der Waals surface area contributed by atoms with Gasteiger partial charge >= 0.3 is 0 Å². The molecule has 1 saturated carbocycles. The molecular weight excluding hydrogens is 420 g/mol. The predicted octanol–water partition coefficient (Wildman–Crippen LogP) is 5.53. The molecule has 0 unspecified atom stereocenters. The molecule has 0 aliphatic heterocycles. The van der Waals surface area contributed by atoms with E-state index in [0.29, 0.717) is 22.9 Å². The lowest BCUT2D eigenvalue weighted by atomic mass is 9.95. The largest absolute Gasteiger partial charge is 0.495 e. The summed E-state index contributed by atoms with van der Waals surface area (Å²) in [5.41, 5.74) is 2.92. The third-order valence-corrected chi connectivity index (χ3v) is 6.62. The Balaban J connectivity index is 1.61. The number of hydrogen-bond donors (Lipinski definition) is 2. The number of carbonyl (C=O) groups excluding carboxylic acids is 1. The van der Waals surface area contributed by atoms with E-state index in [-0.39, 0.29) is 11.9 Å². The maximum atomic E-state index is 12.7. The Morgan fingerprint density at radius 3 is 2.81 bits per heavy atom. The van der Waals surface area contributed by atoms with Gasteiger partial charge in [0.15, 0.2) is 5.01 Å². The molecule has 2 aromatic carbocycles. The van der Waals surface area contributed by atoms with Crippen LogP contribution in [-0.4, -0.2) is 30.6 Å². The Labute approximate surface area is 191 Å². The quantitative estimate of drug-likeness (QED) is 0.466. The average molecular weight is 447 g/mol. The van der Waals surface area contributed by atoms with Gasteiger partial charge in [0.25, 0.3) is 5.91 Å². The van der Waals surface area contributed by atoms with Crippen molar-refractivity contribution in [3.05, 3.63) is 52.9 Å². The van der Waals surface area contributed by atoms with Crippen LogP contribution in [0.3, 0.4) is 0 Å². The van der Waals surface area contributed by atoms with Crippen molar-refractivity contribution in [1.29, 1.82) is 5.26 Å². The zero-order valence-corrected chi connectivity index (χ0v) is 18.9. The third kappa shape index (κ3) is 4.76. The Bertz CT molecular complexity index is 1190. The minimum Gasteiger partial charge on any atom is -0.495 e. The van der Waals surface area contributed by atoms with Crippen molar-refractivity contribution >= 4 is 33.7 Å². The molecule has 164 valence electrons. The highest BCUT2D eigenvalue weighted by molar-refractivity contribution is 7.12. The van der Waals surface area contributed by atoms with E-state index in [4.69, 9.17) is 10.00 Å². The van der Waals surface area contributed by atoms with Gasteiger partial charge in [-0.3, -0.25) is 4.79 Å². The fourth-order valence-corrected chi connectivity index (χ4v) is 4.78. The van der Waals surface area contributed by atoms with Crippen molar-refractivity contribution in [3.63, 3.8) is 0 Å². The van der Waals surface area contributed by atoms with Crippen molar-refractivity contribution in [3.8, 4) is 23.1 Å². The second-order valence-corrected chi connectivity index (χ2v) is 8.85. The molecule has 0 radical (unpaired) electrons. The Morgan fingerprint density at radius 1 is 1.28 bits per heavy atom. The number of aromatic nitrogens is 1. The van der Waals surface area contributed by atoms with Crippen molar-refractivity contribution in [1.82, 2.24) is 10.3 Å². The maximum absolute atomic E-state index is 12.7. The lowest BCUT2D eigenvalue weighted by molar-refractivity contribution is 0.0927. The normalized spacial score (nSPS) is 14.0. The summed E-state index contributed by atoms with van der Waals surface area (Å²) in [4.78, 5) is 17.3. The average Bonchev–Trinajstić information content (AvgIpc) is 3.33. The fourth-order valence-electron chi connectivity index (χ4n) is 4.05. The number of methoxy groups -OCH3 is 1. The molecule has 2 N–H and O–H groups in total. The number of nitrogens with one attached hydrogen (secondary N) is 2. The SMILES string of the molecule is C=C(C#N)CNc1c(OC)ccc2ccc(-c3csc(C(=O)NC4CCCCC4)n3)cc12. The molecule has 0 saturated heterocycles. The molecule has 3 aromatic rings. The summed E-state index contributed by atoms with van der Waals surface area (Å²) in [6.45, 7) is 4.07. The van der Waals surface area contributed by atoms with Gasteiger partial charge in [0.1, 0.15) is 5.75 Å². The van der Waals surface area contributed by atoms with Crippen molar-refractivity contribution in [2.45, 2.75) is 38.1 Å². The first-order valence-corrected chi connectivity index (χ1v) is 11.7. The van der Waals surface area contributed by atoms with Crippen LogP contribution in [0, 0.1) is 11.3 Å². The number of nitriles is 1. The molecule has 1 aromatic heterocycles. The van der Waals surface area contributed by atoms with Crippen molar-refractivity contribution in [2.24, 2.45) is 0 Å².